The van der Waals surface area contributed by atoms with Gasteiger partial charge in [-0.15, -0.1) is 0 Å². The van der Waals surface area contributed by atoms with Crippen LogP contribution < -0.4 is 9.64 Å². The highest BCUT2D eigenvalue weighted by Gasteiger charge is 2.30. The Labute approximate surface area is 177 Å². The minimum atomic E-state index is -0.0668. The van der Waals surface area contributed by atoms with Crippen molar-refractivity contribution in [2.45, 2.75) is 25.3 Å². The van der Waals surface area contributed by atoms with E-state index in [1.807, 2.05) is 47.4 Å². The highest BCUT2D eigenvalue weighted by Crippen LogP contribution is 2.26. The van der Waals surface area contributed by atoms with Crippen LogP contribution in [-0.4, -0.2) is 43.6 Å². The van der Waals surface area contributed by atoms with Crippen molar-refractivity contribution in [3.05, 3.63) is 84.3 Å². The van der Waals surface area contributed by atoms with Gasteiger partial charge < -0.3 is 19.0 Å². The summed E-state index contributed by atoms with van der Waals surface area (Å²) in [7, 11) is 1.69. The number of anilines is 1. The predicted molar refractivity (Wildman–Crippen MR) is 118 cm³/mol. The Balaban J connectivity index is 1.38. The monoisotopic (exact) mass is 404 g/mol. The van der Waals surface area contributed by atoms with Crippen molar-refractivity contribution < 1.29 is 13.9 Å². The third kappa shape index (κ3) is 4.74. The van der Waals surface area contributed by atoms with Crippen molar-refractivity contribution in [3.8, 4) is 5.75 Å². The van der Waals surface area contributed by atoms with E-state index >= 15 is 0 Å². The third-order valence-corrected chi connectivity index (χ3v) is 5.78. The number of piperidine rings is 1. The molecule has 2 aromatic carbocycles. The maximum atomic E-state index is 13.2. The summed E-state index contributed by atoms with van der Waals surface area (Å²) in [6.07, 6.45) is 4.47. The molecule has 0 saturated carbocycles. The number of ether oxygens (including phenoxy) is 1. The summed E-state index contributed by atoms with van der Waals surface area (Å²) in [5, 5.41) is 0. The average molecular weight is 405 g/mol. The van der Waals surface area contributed by atoms with Crippen LogP contribution in [0.5, 0.6) is 5.75 Å². The first kappa shape index (κ1) is 20.2. The van der Waals surface area contributed by atoms with Gasteiger partial charge in [0.1, 0.15) is 5.75 Å². The van der Waals surface area contributed by atoms with Gasteiger partial charge in [-0.2, -0.15) is 0 Å². The Morgan fingerprint density at radius 2 is 1.77 bits per heavy atom. The lowest BCUT2D eigenvalue weighted by atomic mass is 10.0. The Kier molecular flexibility index (Phi) is 6.50. The molecular formula is C25H28N2O3. The van der Waals surface area contributed by atoms with Crippen LogP contribution in [0, 0.1) is 0 Å². The molecule has 4 rings (SSSR count). The van der Waals surface area contributed by atoms with Gasteiger partial charge in [0.25, 0.3) is 5.91 Å². The molecular weight excluding hydrogens is 376 g/mol. The van der Waals surface area contributed by atoms with Gasteiger partial charge in [-0.3, -0.25) is 4.79 Å². The average Bonchev–Trinajstić information content (AvgIpc) is 3.35. The SMILES string of the molecule is COc1ccc(CCN2CCC(N(C(=O)c3ccco3)c3ccccc3)CC2)cc1. The zero-order valence-electron chi connectivity index (χ0n) is 17.4. The Morgan fingerprint density at radius 1 is 1.03 bits per heavy atom. The van der Waals surface area contributed by atoms with E-state index in [1.165, 1.54) is 5.56 Å². The van der Waals surface area contributed by atoms with Crippen molar-refractivity contribution in [1.82, 2.24) is 4.90 Å². The van der Waals surface area contributed by atoms with Crippen LogP contribution in [-0.2, 0) is 6.42 Å². The van der Waals surface area contributed by atoms with Gasteiger partial charge in [0.2, 0.25) is 0 Å². The van der Waals surface area contributed by atoms with E-state index in [2.05, 4.69) is 17.0 Å². The molecule has 0 aliphatic carbocycles. The van der Waals surface area contributed by atoms with E-state index in [0.29, 0.717) is 5.76 Å². The zero-order chi connectivity index (χ0) is 20.8. The summed E-state index contributed by atoms with van der Waals surface area (Å²) < 4.78 is 10.6. The first-order valence-electron chi connectivity index (χ1n) is 10.5. The van der Waals surface area contributed by atoms with Crippen molar-refractivity contribution >= 4 is 11.6 Å². The molecule has 1 amide bonds. The number of likely N-dealkylation sites (tertiary alicyclic amines) is 1. The van der Waals surface area contributed by atoms with Gasteiger partial charge in [0.15, 0.2) is 5.76 Å². The Morgan fingerprint density at radius 3 is 2.40 bits per heavy atom. The molecule has 156 valence electrons. The summed E-state index contributed by atoms with van der Waals surface area (Å²) in [6.45, 7) is 2.99. The number of carbonyl (C=O) groups is 1. The second-order valence-electron chi connectivity index (χ2n) is 7.66. The molecule has 0 radical (unpaired) electrons. The highest BCUT2D eigenvalue weighted by molar-refractivity contribution is 6.04. The third-order valence-electron chi connectivity index (χ3n) is 5.78. The van der Waals surface area contributed by atoms with Crippen molar-refractivity contribution in [2.24, 2.45) is 0 Å². The lowest BCUT2D eigenvalue weighted by Crippen LogP contribution is -2.48. The number of rotatable bonds is 7. The molecule has 30 heavy (non-hydrogen) atoms. The molecule has 1 aromatic heterocycles. The fourth-order valence-corrected chi connectivity index (χ4v) is 4.08. The lowest BCUT2D eigenvalue weighted by molar-refractivity contribution is 0.0933. The number of nitrogens with zero attached hydrogens (tertiary/aromatic N) is 2. The largest absolute Gasteiger partial charge is 0.497 e. The molecule has 0 spiro atoms. The number of para-hydroxylation sites is 1. The highest BCUT2D eigenvalue weighted by atomic mass is 16.5. The fraction of sp³-hybridized carbons (Fsp3) is 0.320. The summed E-state index contributed by atoms with van der Waals surface area (Å²) >= 11 is 0. The Hall–Kier alpha value is -3.05. The summed E-state index contributed by atoms with van der Waals surface area (Å²) in [4.78, 5) is 17.6. The number of hydrogen-bond donors (Lipinski definition) is 0. The second-order valence-corrected chi connectivity index (χ2v) is 7.66. The van der Waals surface area contributed by atoms with Gasteiger partial charge in [-0.05, 0) is 61.2 Å². The molecule has 0 unspecified atom stereocenters. The zero-order valence-corrected chi connectivity index (χ0v) is 17.4. The first-order chi connectivity index (χ1) is 14.7. The molecule has 0 bridgehead atoms. The standard InChI is InChI=1S/C25H28N2O3/c1-29-23-11-9-20(10-12-23)13-16-26-17-14-22(15-18-26)27(21-6-3-2-4-7-21)25(28)24-8-5-19-30-24/h2-12,19,22H,13-18H2,1H3. The molecule has 0 atom stereocenters. The summed E-state index contributed by atoms with van der Waals surface area (Å²) in [6, 6.07) is 21.9. The maximum absolute atomic E-state index is 13.2. The molecule has 1 saturated heterocycles. The van der Waals surface area contributed by atoms with Gasteiger partial charge in [0, 0.05) is 31.4 Å². The van der Waals surface area contributed by atoms with E-state index in [4.69, 9.17) is 9.15 Å². The number of furan rings is 1. The van der Waals surface area contributed by atoms with Crippen LogP contribution in [0.1, 0.15) is 29.0 Å². The van der Waals surface area contributed by atoms with Crippen LogP contribution in [0.15, 0.2) is 77.4 Å². The second kappa shape index (κ2) is 9.63. The smallest absolute Gasteiger partial charge is 0.294 e. The fourth-order valence-electron chi connectivity index (χ4n) is 4.08. The van der Waals surface area contributed by atoms with E-state index in [1.54, 1.807) is 25.5 Å². The topological polar surface area (TPSA) is 45.9 Å². The number of methoxy groups -OCH3 is 1. The lowest BCUT2D eigenvalue weighted by Gasteiger charge is -2.38. The minimum absolute atomic E-state index is 0.0668. The minimum Gasteiger partial charge on any atom is -0.497 e. The van der Waals surface area contributed by atoms with Crippen molar-refractivity contribution in [1.29, 1.82) is 0 Å². The van der Waals surface area contributed by atoms with Crippen LogP contribution in [0.2, 0.25) is 0 Å². The summed E-state index contributed by atoms with van der Waals surface area (Å²) in [5.41, 5.74) is 2.24. The summed E-state index contributed by atoms with van der Waals surface area (Å²) in [5.74, 6) is 1.21. The van der Waals surface area contributed by atoms with Crippen LogP contribution in [0.3, 0.4) is 0 Å². The first-order valence-corrected chi connectivity index (χ1v) is 10.5. The molecule has 3 aromatic rings. The molecule has 1 aliphatic heterocycles. The molecule has 0 N–H and O–H groups in total. The Bertz CT molecular complexity index is 915. The quantitative estimate of drug-likeness (QED) is 0.575. The molecule has 2 heterocycles. The molecule has 5 heteroatoms. The van der Waals surface area contributed by atoms with Gasteiger partial charge >= 0.3 is 0 Å². The van der Waals surface area contributed by atoms with Crippen molar-refractivity contribution in [2.75, 3.05) is 31.6 Å². The number of hydrogen-bond acceptors (Lipinski definition) is 4. The van der Waals surface area contributed by atoms with Gasteiger partial charge in [-0.25, -0.2) is 0 Å². The van der Waals surface area contributed by atoms with E-state index in [-0.39, 0.29) is 11.9 Å². The molecule has 1 fully saturated rings. The van der Waals surface area contributed by atoms with Gasteiger partial charge in [-0.1, -0.05) is 30.3 Å². The van der Waals surface area contributed by atoms with Crippen LogP contribution in [0.4, 0.5) is 5.69 Å². The van der Waals surface area contributed by atoms with Crippen molar-refractivity contribution in [3.63, 3.8) is 0 Å². The number of amides is 1. The van der Waals surface area contributed by atoms with E-state index in [9.17, 15) is 4.79 Å². The van der Waals surface area contributed by atoms with E-state index in [0.717, 1.165) is 50.3 Å². The van der Waals surface area contributed by atoms with Crippen LogP contribution in [0.25, 0.3) is 0 Å². The van der Waals surface area contributed by atoms with Crippen LogP contribution >= 0.6 is 0 Å². The number of carbonyl (C=O) groups excluding carboxylic acids is 1. The maximum Gasteiger partial charge on any atom is 0.294 e. The van der Waals surface area contributed by atoms with Gasteiger partial charge in [0.05, 0.1) is 13.4 Å². The molecule has 1 aliphatic rings. The molecule has 5 nitrogen and oxygen atoms in total. The predicted octanol–water partition coefficient (Wildman–Crippen LogP) is 4.64. The number of benzene rings is 2. The normalized spacial score (nSPS) is 15.1. The van der Waals surface area contributed by atoms with E-state index < -0.39 is 0 Å².